The third kappa shape index (κ3) is 6.55. The number of pyridine rings is 1. The van der Waals surface area contributed by atoms with E-state index in [9.17, 15) is 0 Å². The van der Waals surface area contributed by atoms with E-state index >= 15 is 0 Å². The standard InChI is InChI=1S/C41H38N4O.Pt/c1-6-10-30-20-28(4)41(29(5)21-30)32-25-43-44(26-32)33-11-9-12-34(23-33)46-35-15-16-37-36-13-7-8-14-38(36)45(39(37)24-35)40-22-31(17-18-42-40)19-27(2)3;/h7-9,11-18,20-22,25-27H,6,10,19H2,1-5H3;/q-2;+2. The maximum absolute atomic E-state index is 6.39. The number of aromatic nitrogens is 4. The van der Waals surface area contributed by atoms with E-state index in [1.165, 1.54) is 27.8 Å². The molecule has 3 heterocycles. The summed E-state index contributed by atoms with van der Waals surface area (Å²) in [5, 5.41) is 6.96. The molecule has 0 aliphatic heterocycles. The third-order valence-electron chi connectivity index (χ3n) is 8.46. The molecule has 0 amide bonds. The zero-order valence-corrected chi connectivity index (χ0v) is 29.7. The molecular formula is C41H38N4OPt. The second kappa shape index (κ2) is 13.7. The van der Waals surface area contributed by atoms with Gasteiger partial charge in [-0.1, -0.05) is 63.0 Å². The molecule has 0 saturated heterocycles. The number of hydrogen-bond donors (Lipinski definition) is 0. The SMILES string of the molecule is CCCc1cc(C)c(-c2cnn(-c3[c-]c(Oc4[c-]c5c(cc4)c4ccccc4n5-c4cc(CC(C)C)ccn4)ccc3)c2)c(C)c1.[Pt+2]. The van der Waals surface area contributed by atoms with Crippen LogP contribution in [-0.2, 0) is 33.9 Å². The average molecular weight is 798 g/mol. The maximum atomic E-state index is 6.39. The predicted octanol–water partition coefficient (Wildman–Crippen LogP) is 10.2. The second-order valence-corrected chi connectivity index (χ2v) is 12.6. The van der Waals surface area contributed by atoms with Crippen molar-refractivity contribution >= 4 is 21.8 Å². The van der Waals surface area contributed by atoms with Gasteiger partial charge in [-0.25, -0.2) is 4.98 Å². The Morgan fingerprint density at radius 3 is 2.40 bits per heavy atom. The Morgan fingerprint density at radius 1 is 0.830 bits per heavy atom. The van der Waals surface area contributed by atoms with E-state index < -0.39 is 0 Å². The summed E-state index contributed by atoms with van der Waals surface area (Å²) >= 11 is 0. The molecule has 5 nitrogen and oxygen atoms in total. The molecule has 0 unspecified atom stereocenters. The summed E-state index contributed by atoms with van der Waals surface area (Å²) in [6, 6.07) is 34.3. The molecule has 0 spiro atoms. The molecule has 7 rings (SSSR count). The topological polar surface area (TPSA) is 44.9 Å². The van der Waals surface area contributed by atoms with Crippen LogP contribution in [-0.4, -0.2) is 19.3 Å². The van der Waals surface area contributed by atoms with Gasteiger partial charge in [-0.15, -0.1) is 35.7 Å². The van der Waals surface area contributed by atoms with Crippen molar-refractivity contribution in [2.24, 2.45) is 5.92 Å². The van der Waals surface area contributed by atoms with Crippen LogP contribution in [0.4, 0.5) is 0 Å². The molecule has 238 valence electrons. The Kier molecular flexibility index (Phi) is 9.47. The van der Waals surface area contributed by atoms with Crippen molar-refractivity contribution in [3.8, 4) is 34.1 Å². The van der Waals surface area contributed by atoms with Gasteiger partial charge >= 0.3 is 21.1 Å². The van der Waals surface area contributed by atoms with E-state index in [1.54, 1.807) is 0 Å². The fourth-order valence-electron chi connectivity index (χ4n) is 6.63. The first-order valence-corrected chi connectivity index (χ1v) is 16.1. The molecule has 0 bridgehead atoms. The first kappa shape index (κ1) is 32.5. The van der Waals surface area contributed by atoms with Crippen LogP contribution in [0.2, 0.25) is 0 Å². The largest absolute Gasteiger partial charge is 2.00 e. The molecule has 47 heavy (non-hydrogen) atoms. The van der Waals surface area contributed by atoms with E-state index in [1.807, 2.05) is 41.3 Å². The number of hydrogen-bond acceptors (Lipinski definition) is 3. The minimum Gasteiger partial charge on any atom is -0.509 e. The monoisotopic (exact) mass is 797 g/mol. The second-order valence-electron chi connectivity index (χ2n) is 12.6. The van der Waals surface area contributed by atoms with Crippen LogP contribution < -0.4 is 4.74 Å². The third-order valence-corrected chi connectivity index (χ3v) is 8.46. The van der Waals surface area contributed by atoms with E-state index in [2.05, 4.69) is 112 Å². The van der Waals surface area contributed by atoms with Crippen LogP contribution in [0.15, 0.2) is 97.5 Å². The summed E-state index contributed by atoms with van der Waals surface area (Å²) in [6.07, 6.45) is 9.14. The molecule has 7 aromatic rings. The minimum absolute atomic E-state index is 0. The first-order valence-electron chi connectivity index (χ1n) is 16.1. The van der Waals surface area contributed by atoms with Crippen molar-refractivity contribution in [3.63, 3.8) is 0 Å². The molecule has 0 radical (unpaired) electrons. The van der Waals surface area contributed by atoms with Gasteiger partial charge in [0.05, 0.1) is 6.20 Å². The Bertz CT molecular complexity index is 2170. The van der Waals surface area contributed by atoms with E-state index in [4.69, 9.17) is 14.8 Å². The summed E-state index contributed by atoms with van der Waals surface area (Å²) in [6.45, 7) is 11.1. The van der Waals surface area contributed by atoms with Gasteiger partial charge in [0.25, 0.3) is 0 Å². The average Bonchev–Trinajstić information content (AvgIpc) is 3.64. The Hall–Kier alpha value is -4.47. The Morgan fingerprint density at radius 2 is 1.62 bits per heavy atom. The fourth-order valence-corrected chi connectivity index (χ4v) is 6.63. The van der Waals surface area contributed by atoms with Crippen LogP contribution in [0.3, 0.4) is 0 Å². The predicted molar refractivity (Wildman–Crippen MR) is 187 cm³/mol. The van der Waals surface area contributed by atoms with Crippen molar-refractivity contribution in [2.45, 2.75) is 53.9 Å². The van der Waals surface area contributed by atoms with Gasteiger partial charge in [0.1, 0.15) is 5.82 Å². The van der Waals surface area contributed by atoms with Crippen LogP contribution in [0.5, 0.6) is 11.5 Å². The number of benzene rings is 4. The molecule has 0 aliphatic carbocycles. The van der Waals surface area contributed by atoms with E-state index in [0.29, 0.717) is 17.4 Å². The maximum Gasteiger partial charge on any atom is 2.00 e. The van der Waals surface area contributed by atoms with Crippen LogP contribution in [0.25, 0.3) is 44.4 Å². The Balaban J connectivity index is 0.00000386. The number of nitrogens with zero attached hydrogens (tertiary/aromatic N) is 4. The summed E-state index contributed by atoms with van der Waals surface area (Å²) in [5.41, 5.74) is 10.4. The summed E-state index contributed by atoms with van der Waals surface area (Å²) in [7, 11) is 0. The zero-order valence-electron chi connectivity index (χ0n) is 27.4. The van der Waals surface area contributed by atoms with Gasteiger partial charge in [0.15, 0.2) is 0 Å². The van der Waals surface area contributed by atoms with Crippen molar-refractivity contribution in [1.29, 1.82) is 0 Å². The molecule has 3 aromatic heterocycles. The molecule has 0 fully saturated rings. The van der Waals surface area contributed by atoms with Crippen LogP contribution >= 0.6 is 0 Å². The first-order chi connectivity index (χ1) is 22.4. The zero-order chi connectivity index (χ0) is 31.8. The smallest absolute Gasteiger partial charge is 0.509 e. The molecule has 6 heteroatoms. The van der Waals surface area contributed by atoms with Gasteiger partial charge in [-0.2, -0.15) is 17.2 Å². The summed E-state index contributed by atoms with van der Waals surface area (Å²) < 4.78 is 10.4. The number of para-hydroxylation sites is 1. The molecular weight excluding hydrogens is 760 g/mol. The summed E-state index contributed by atoms with van der Waals surface area (Å²) in [5.74, 6) is 2.65. The van der Waals surface area contributed by atoms with E-state index in [0.717, 1.165) is 58.1 Å². The number of ether oxygens (including phenoxy) is 1. The number of fused-ring (bicyclic) bond motifs is 3. The van der Waals surface area contributed by atoms with Gasteiger partial charge in [0.2, 0.25) is 0 Å². The van der Waals surface area contributed by atoms with Gasteiger partial charge in [-0.05, 0) is 89.7 Å². The number of aryl methyl sites for hydroxylation is 3. The number of rotatable bonds is 9. The van der Waals surface area contributed by atoms with E-state index in [-0.39, 0.29) is 21.1 Å². The van der Waals surface area contributed by atoms with Crippen molar-refractivity contribution < 1.29 is 25.8 Å². The van der Waals surface area contributed by atoms with Crippen molar-refractivity contribution in [3.05, 3.63) is 132 Å². The van der Waals surface area contributed by atoms with Crippen molar-refractivity contribution in [1.82, 2.24) is 19.3 Å². The van der Waals surface area contributed by atoms with Gasteiger partial charge < -0.3 is 9.30 Å². The van der Waals surface area contributed by atoms with Crippen LogP contribution in [0.1, 0.15) is 49.4 Å². The van der Waals surface area contributed by atoms with Gasteiger partial charge in [-0.3, -0.25) is 4.68 Å². The fraction of sp³-hybridized carbons (Fsp3) is 0.220. The summed E-state index contributed by atoms with van der Waals surface area (Å²) in [4.78, 5) is 4.78. The Labute approximate surface area is 291 Å². The molecule has 0 atom stereocenters. The molecule has 0 aliphatic rings. The van der Waals surface area contributed by atoms with Crippen LogP contribution in [0, 0.1) is 31.9 Å². The molecule has 4 aromatic carbocycles. The van der Waals surface area contributed by atoms with Crippen molar-refractivity contribution in [2.75, 3.05) is 0 Å². The minimum atomic E-state index is 0. The van der Waals surface area contributed by atoms with Gasteiger partial charge in [0, 0.05) is 35.0 Å². The molecule has 0 saturated carbocycles. The molecule has 0 N–H and O–H groups in total. The normalized spacial score (nSPS) is 11.4. The quantitative estimate of drug-likeness (QED) is 0.137.